The average Bonchev–Trinajstić information content (AvgIpc) is 2.49. The molecule has 0 saturated heterocycles. The number of amides is 1. The quantitative estimate of drug-likeness (QED) is 0.693. The van der Waals surface area contributed by atoms with Crippen LogP contribution in [-0.4, -0.2) is 62.9 Å². The van der Waals surface area contributed by atoms with Crippen LogP contribution in [0.2, 0.25) is 0 Å². The van der Waals surface area contributed by atoms with Crippen LogP contribution in [0.1, 0.15) is 15.9 Å². The van der Waals surface area contributed by atoms with E-state index in [1.54, 1.807) is 12.0 Å². The molecule has 2 N–H and O–H groups in total. The van der Waals surface area contributed by atoms with Crippen molar-refractivity contribution in [2.24, 2.45) is 0 Å². The van der Waals surface area contributed by atoms with E-state index in [-0.39, 0.29) is 12.5 Å². The lowest BCUT2D eigenvalue weighted by Crippen LogP contribution is -2.36. The SMILES string of the molecule is CNCCc1ccccc1C(=O)N(CCO)CCOC. The molecule has 0 radical (unpaired) electrons. The number of aliphatic hydroxyl groups excluding tert-OH is 1. The van der Waals surface area contributed by atoms with Gasteiger partial charge in [0.25, 0.3) is 5.91 Å². The molecular formula is C15H24N2O3. The van der Waals surface area contributed by atoms with Crippen LogP contribution in [-0.2, 0) is 11.2 Å². The van der Waals surface area contributed by atoms with Crippen LogP contribution < -0.4 is 5.32 Å². The second-order valence-electron chi connectivity index (χ2n) is 4.52. The maximum Gasteiger partial charge on any atom is 0.254 e. The number of nitrogens with zero attached hydrogens (tertiary/aromatic N) is 1. The summed E-state index contributed by atoms with van der Waals surface area (Å²) in [5.41, 5.74) is 1.72. The van der Waals surface area contributed by atoms with Gasteiger partial charge >= 0.3 is 0 Å². The van der Waals surface area contributed by atoms with Crippen LogP contribution in [0.15, 0.2) is 24.3 Å². The molecule has 0 fully saturated rings. The smallest absolute Gasteiger partial charge is 0.254 e. The third-order valence-corrected chi connectivity index (χ3v) is 3.11. The van der Waals surface area contributed by atoms with E-state index in [1.807, 2.05) is 31.3 Å². The van der Waals surface area contributed by atoms with Crippen LogP contribution in [0.4, 0.5) is 0 Å². The Morgan fingerprint density at radius 2 is 2.10 bits per heavy atom. The Bertz CT molecular complexity index is 410. The highest BCUT2D eigenvalue weighted by Crippen LogP contribution is 2.12. The highest BCUT2D eigenvalue weighted by molar-refractivity contribution is 5.95. The Morgan fingerprint density at radius 1 is 1.35 bits per heavy atom. The molecule has 0 aliphatic rings. The molecule has 0 unspecified atom stereocenters. The number of carbonyl (C=O) groups is 1. The second kappa shape index (κ2) is 9.47. The van der Waals surface area contributed by atoms with E-state index in [0.717, 1.165) is 18.5 Å². The summed E-state index contributed by atoms with van der Waals surface area (Å²) in [6.07, 6.45) is 0.801. The summed E-state index contributed by atoms with van der Waals surface area (Å²) in [7, 11) is 3.49. The number of hydrogen-bond acceptors (Lipinski definition) is 4. The summed E-state index contributed by atoms with van der Waals surface area (Å²) >= 11 is 0. The number of rotatable bonds is 9. The van der Waals surface area contributed by atoms with Crippen molar-refractivity contribution in [3.05, 3.63) is 35.4 Å². The van der Waals surface area contributed by atoms with Gasteiger partial charge in [-0.15, -0.1) is 0 Å². The first-order valence-electron chi connectivity index (χ1n) is 6.86. The standard InChI is InChI=1S/C15H24N2O3/c1-16-8-7-13-5-3-4-6-14(13)15(19)17(9-11-18)10-12-20-2/h3-6,16,18H,7-12H2,1-2H3. The zero-order chi connectivity index (χ0) is 14.8. The summed E-state index contributed by atoms with van der Waals surface area (Å²) in [5, 5.41) is 12.2. The minimum atomic E-state index is -0.0530. The number of nitrogens with one attached hydrogen (secondary N) is 1. The number of carbonyl (C=O) groups excluding carboxylic acids is 1. The Labute approximate surface area is 120 Å². The summed E-state index contributed by atoms with van der Waals surface area (Å²) in [4.78, 5) is 14.2. The van der Waals surface area contributed by atoms with Gasteiger partial charge in [0, 0.05) is 25.8 Å². The largest absolute Gasteiger partial charge is 0.395 e. The Morgan fingerprint density at radius 3 is 2.75 bits per heavy atom. The van der Waals surface area contributed by atoms with Crippen molar-refractivity contribution >= 4 is 5.91 Å². The highest BCUT2D eigenvalue weighted by Gasteiger charge is 2.17. The Balaban J connectivity index is 2.86. The maximum atomic E-state index is 12.6. The number of ether oxygens (including phenoxy) is 1. The molecule has 1 amide bonds. The lowest BCUT2D eigenvalue weighted by atomic mass is 10.0. The molecule has 0 aliphatic carbocycles. The molecule has 0 bridgehead atoms. The van der Waals surface area contributed by atoms with Gasteiger partial charge in [0.05, 0.1) is 13.2 Å². The topological polar surface area (TPSA) is 61.8 Å². The minimum absolute atomic E-state index is 0.0475. The first kappa shape index (κ1) is 16.6. The van der Waals surface area contributed by atoms with Gasteiger partial charge in [-0.1, -0.05) is 18.2 Å². The fraction of sp³-hybridized carbons (Fsp3) is 0.533. The van der Waals surface area contributed by atoms with Crippen LogP contribution in [0.5, 0.6) is 0 Å². The van der Waals surface area contributed by atoms with Gasteiger partial charge < -0.3 is 20.1 Å². The number of methoxy groups -OCH3 is 1. The van der Waals surface area contributed by atoms with Gasteiger partial charge in [0.15, 0.2) is 0 Å². The third kappa shape index (κ3) is 4.92. The molecule has 0 saturated carbocycles. The molecule has 0 atom stereocenters. The average molecular weight is 280 g/mol. The van der Waals surface area contributed by atoms with E-state index in [1.165, 1.54) is 0 Å². The molecule has 112 valence electrons. The van der Waals surface area contributed by atoms with Gasteiger partial charge in [0.2, 0.25) is 0 Å². The van der Waals surface area contributed by atoms with Gasteiger partial charge in [-0.3, -0.25) is 4.79 Å². The zero-order valence-corrected chi connectivity index (χ0v) is 12.3. The van der Waals surface area contributed by atoms with Crippen LogP contribution in [0.25, 0.3) is 0 Å². The van der Waals surface area contributed by atoms with Gasteiger partial charge in [-0.2, -0.15) is 0 Å². The molecule has 5 heteroatoms. The second-order valence-corrected chi connectivity index (χ2v) is 4.52. The van der Waals surface area contributed by atoms with Crippen molar-refractivity contribution in [2.45, 2.75) is 6.42 Å². The van der Waals surface area contributed by atoms with Crippen molar-refractivity contribution in [3.63, 3.8) is 0 Å². The first-order chi connectivity index (χ1) is 9.74. The summed E-state index contributed by atoms with van der Waals surface area (Å²) in [6, 6.07) is 7.61. The van der Waals surface area contributed by atoms with E-state index in [0.29, 0.717) is 25.3 Å². The van der Waals surface area contributed by atoms with Crippen molar-refractivity contribution in [1.29, 1.82) is 0 Å². The van der Waals surface area contributed by atoms with E-state index >= 15 is 0 Å². The predicted octanol–water partition coefficient (Wildman–Crippen LogP) is 0.529. The summed E-state index contributed by atoms with van der Waals surface area (Å²) in [6.45, 7) is 2.04. The molecule has 0 spiro atoms. The Hall–Kier alpha value is -1.43. The third-order valence-electron chi connectivity index (χ3n) is 3.11. The molecule has 20 heavy (non-hydrogen) atoms. The number of likely N-dealkylation sites (N-methyl/N-ethyl adjacent to an activating group) is 1. The number of aliphatic hydroxyl groups is 1. The van der Waals surface area contributed by atoms with E-state index in [2.05, 4.69) is 5.32 Å². The highest BCUT2D eigenvalue weighted by atomic mass is 16.5. The van der Waals surface area contributed by atoms with Crippen LogP contribution in [0, 0.1) is 0 Å². The normalized spacial score (nSPS) is 10.6. The molecule has 1 aromatic rings. The van der Waals surface area contributed by atoms with Crippen molar-refractivity contribution in [2.75, 3.05) is 47.0 Å². The minimum Gasteiger partial charge on any atom is -0.395 e. The lowest BCUT2D eigenvalue weighted by molar-refractivity contribution is 0.0655. The first-order valence-corrected chi connectivity index (χ1v) is 6.86. The van der Waals surface area contributed by atoms with E-state index in [9.17, 15) is 4.79 Å². The van der Waals surface area contributed by atoms with Gasteiger partial charge in [-0.05, 0) is 31.6 Å². The monoisotopic (exact) mass is 280 g/mol. The summed E-state index contributed by atoms with van der Waals surface area (Å²) < 4.78 is 5.01. The fourth-order valence-electron chi connectivity index (χ4n) is 2.01. The Kier molecular flexibility index (Phi) is 7.87. The molecule has 5 nitrogen and oxygen atoms in total. The lowest BCUT2D eigenvalue weighted by Gasteiger charge is -2.22. The maximum absolute atomic E-state index is 12.6. The van der Waals surface area contributed by atoms with E-state index in [4.69, 9.17) is 9.84 Å². The number of hydrogen-bond donors (Lipinski definition) is 2. The van der Waals surface area contributed by atoms with Crippen LogP contribution in [0.3, 0.4) is 0 Å². The molecule has 1 aromatic carbocycles. The van der Waals surface area contributed by atoms with Crippen molar-refractivity contribution < 1.29 is 14.6 Å². The molecular weight excluding hydrogens is 256 g/mol. The fourth-order valence-corrected chi connectivity index (χ4v) is 2.01. The molecule has 1 rings (SSSR count). The van der Waals surface area contributed by atoms with Gasteiger partial charge in [0.1, 0.15) is 0 Å². The zero-order valence-electron chi connectivity index (χ0n) is 12.3. The van der Waals surface area contributed by atoms with Gasteiger partial charge in [-0.25, -0.2) is 0 Å². The molecule has 0 heterocycles. The predicted molar refractivity (Wildman–Crippen MR) is 78.9 cm³/mol. The van der Waals surface area contributed by atoms with Crippen LogP contribution >= 0.6 is 0 Å². The summed E-state index contributed by atoms with van der Waals surface area (Å²) in [5.74, 6) is -0.0530. The number of benzene rings is 1. The van der Waals surface area contributed by atoms with Crippen molar-refractivity contribution in [3.8, 4) is 0 Å². The molecule has 0 aromatic heterocycles. The van der Waals surface area contributed by atoms with E-state index < -0.39 is 0 Å². The molecule has 0 aliphatic heterocycles. The van der Waals surface area contributed by atoms with Crippen molar-refractivity contribution in [1.82, 2.24) is 10.2 Å².